The van der Waals surface area contributed by atoms with Crippen LogP contribution in [0.15, 0.2) is 55.0 Å². The average molecular weight is 452 g/mol. The number of halogens is 1. The number of amides is 2. The summed E-state index contributed by atoms with van der Waals surface area (Å²) < 4.78 is 20.2. The molecule has 172 valence electrons. The highest BCUT2D eigenvalue weighted by Gasteiger charge is 2.32. The molecule has 2 amide bonds. The fourth-order valence-electron chi connectivity index (χ4n) is 3.82. The Labute approximate surface area is 191 Å². The number of hydrogen-bond acceptors (Lipinski definition) is 5. The van der Waals surface area contributed by atoms with Crippen LogP contribution in [-0.2, 0) is 22.6 Å². The molecule has 2 N–H and O–H groups in total. The third-order valence-corrected chi connectivity index (χ3v) is 5.43. The van der Waals surface area contributed by atoms with Gasteiger partial charge in [-0.2, -0.15) is 0 Å². The van der Waals surface area contributed by atoms with Crippen LogP contribution in [0.5, 0.6) is 0 Å². The highest BCUT2D eigenvalue weighted by Crippen LogP contribution is 2.29. The molecular formula is C24H26FN5O3. The summed E-state index contributed by atoms with van der Waals surface area (Å²) >= 11 is 0. The van der Waals surface area contributed by atoms with Gasteiger partial charge in [0.1, 0.15) is 11.9 Å². The molecule has 1 aromatic heterocycles. The van der Waals surface area contributed by atoms with E-state index in [9.17, 15) is 14.0 Å². The number of benzene rings is 2. The number of carbonyl (C=O) groups excluding carboxylic acids is 2. The summed E-state index contributed by atoms with van der Waals surface area (Å²) in [5.74, 6) is -0.620. The van der Waals surface area contributed by atoms with Crippen molar-refractivity contribution in [2.24, 2.45) is 0 Å². The van der Waals surface area contributed by atoms with Crippen molar-refractivity contribution in [2.45, 2.75) is 26.1 Å². The topological polar surface area (TPSA) is 90.6 Å². The molecule has 0 unspecified atom stereocenters. The fourth-order valence-corrected chi connectivity index (χ4v) is 3.82. The van der Waals surface area contributed by atoms with Crippen molar-refractivity contribution in [3.63, 3.8) is 0 Å². The van der Waals surface area contributed by atoms with Crippen molar-refractivity contribution in [2.75, 3.05) is 25.0 Å². The molecule has 0 aliphatic carbocycles. The van der Waals surface area contributed by atoms with Crippen molar-refractivity contribution >= 4 is 17.7 Å². The van der Waals surface area contributed by atoms with Crippen LogP contribution in [0.3, 0.4) is 0 Å². The number of rotatable bonds is 8. The van der Waals surface area contributed by atoms with Crippen LogP contribution in [0.2, 0.25) is 0 Å². The zero-order chi connectivity index (χ0) is 23.4. The predicted molar refractivity (Wildman–Crippen MR) is 122 cm³/mol. The predicted octanol–water partition coefficient (Wildman–Crippen LogP) is 3.31. The van der Waals surface area contributed by atoms with Crippen LogP contribution in [-0.4, -0.2) is 53.1 Å². The minimum Gasteiger partial charge on any atom is -0.442 e. The molecule has 1 saturated heterocycles. The van der Waals surface area contributed by atoms with E-state index in [2.05, 4.69) is 20.2 Å². The molecule has 1 aliphatic rings. The van der Waals surface area contributed by atoms with E-state index in [0.717, 1.165) is 29.9 Å². The molecule has 2 heterocycles. The van der Waals surface area contributed by atoms with E-state index in [1.807, 2.05) is 31.3 Å². The van der Waals surface area contributed by atoms with Crippen molar-refractivity contribution in [1.82, 2.24) is 20.2 Å². The van der Waals surface area contributed by atoms with E-state index < -0.39 is 18.0 Å². The van der Waals surface area contributed by atoms with Gasteiger partial charge in [0.2, 0.25) is 5.91 Å². The van der Waals surface area contributed by atoms with Gasteiger partial charge in [0.15, 0.2) is 0 Å². The second-order valence-corrected chi connectivity index (χ2v) is 8.16. The standard InChI is InChI=1S/C24H26FN5O3/c1-16(31)27-11-21-14-30(24(32)33-21)20-7-8-22(23(25)9-20)18-5-3-17(4-6-18)12-29(2)13-19-10-26-15-28-19/h3-10,15,21H,11-14H2,1-2H3,(H,26,28)(H,27,31)/t21-/m0/s1. The molecule has 8 nitrogen and oxygen atoms in total. The van der Waals surface area contributed by atoms with E-state index in [1.54, 1.807) is 24.7 Å². The van der Waals surface area contributed by atoms with E-state index in [-0.39, 0.29) is 19.0 Å². The number of H-pyrrole nitrogens is 1. The monoisotopic (exact) mass is 451 g/mol. The zero-order valence-corrected chi connectivity index (χ0v) is 18.5. The van der Waals surface area contributed by atoms with E-state index >= 15 is 0 Å². The van der Waals surface area contributed by atoms with Crippen LogP contribution >= 0.6 is 0 Å². The maximum absolute atomic E-state index is 14.9. The maximum Gasteiger partial charge on any atom is 0.414 e. The Bertz CT molecular complexity index is 1120. The molecule has 2 aromatic carbocycles. The van der Waals surface area contributed by atoms with Gasteiger partial charge in [0, 0.05) is 37.5 Å². The lowest BCUT2D eigenvalue weighted by atomic mass is 10.0. The van der Waals surface area contributed by atoms with Crippen LogP contribution in [0.4, 0.5) is 14.9 Å². The van der Waals surface area contributed by atoms with E-state index in [0.29, 0.717) is 11.3 Å². The van der Waals surface area contributed by atoms with Crippen LogP contribution in [0.25, 0.3) is 11.1 Å². The van der Waals surface area contributed by atoms with Gasteiger partial charge in [-0.15, -0.1) is 0 Å². The lowest BCUT2D eigenvalue weighted by molar-refractivity contribution is -0.119. The van der Waals surface area contributed by atoms with Gasteiger partial charge in [-0.25, -0.2) is 14.2 Å². The Morgan fingerprint density at radius 3 is 2.73 bits per heavy atom. The van der Waals surface area contributed by atoms with Crippen molar-refractivity contribution in [1.29, 1.82) is 0 Å². The average Bonchev–Trinajstić information content (AvgIpc) is 3.42. The van der Waals surface area contributed by atoms with Gasteiger partial charge in [-0.1, -0.05) is 24.3 Å². The third-order valence-electron chi connectivity index (χ3n) is 5.43. The summed E-state index contributed by atoms with van der Waals surface area (Å²) in [6.45, 7) is 3.37. The Morgan fingerprint density at radius 1 is 1.27 bits per heavy atom. The first-order chi connectivity index (χ1) is 15.9. The number of cyclic esters (lactones) is 1. The van der Waals surface area contributed by atoms with Gasteiger partial charge in [0.25, 0.3) is 0 Å². The SMILES string of the molecule is CC(=O)NC[C@H]1CN(c2ccc(-c3ccc(CN(C)Cc4cnc[nH]4)cc3)c(F)c2)C(=O)O1. The number of imidazole rings is 1. The zero-order valence-electron chi connectivity index (χ0n) is 18.5. The van der Waals surface area contributed by atoms with E-state index in [1.165, 1.54) is 17.9 Å². The lowest BCUT2D eigenvalue weighted by Gasteiger charge is -2.16. The minimum atomic E-state index is -0.555. The van der Waals surface area contributed by atoms with Crippen molar-refractivity contribution < 1.29 is 18.7 Å². The van der Waals surface area contributed by atoms with Crippen LogP contribution < -0.4 is 10.2 Å². The lowest BCUT2D eigenvalue weighted by Crippen LogP contribution is -2.33. The largest absolute Gasteiger partial charge is 0.442 e. The first-order valence-corrected chi connectivity index (χ1v) is 10.7. The molecule has 0 saturated carbocycles. The summed E-state index contributed by atoms with van der Waals surface area (Å²) in [4.78, 5) is 33.9. The van der Waals surface area contributed by atoms with E-state index in [4.69, 9.17) is 4.74 Å². The molecule has 0 radical (unpaired) electrons. The van der Waals surface area contributed by atoms with Gasteiger partial charge >= 0.3 is 6.09 Å². The number of anilines is 1. The van der Waals surface area contributed by atoms with Gasteiger partial charge in [0.05, 0.1) is 25.1 Å². The van der Waals surface area contributed by atoms with Gasteiger partial charge < -0.3 is 15.0 Å². The molecule has 4 rings (SSSR count). The highest BCUT2D eigenvalue weighted by atomic mass is 19.1. The second kappa shape index (κ2) is 9.83. The quantitative estimate of drug-likeness (QED) is 0.548. The molecule has 33 heavy (non-hydrogen) atoms. The fraction of sp³-hybridized carbons (Fsp3) is 0.292. The first-order valence-electron chi connectivity index (χ1n) is 10.7. The Morgan fingerprint density at radius 2 is 2.06 bits per heavy atom. The van der Waals surface area contributed by atoms with Gasteiger partial charge in [-0.05, 0) is 36.4 Å². The van der Waals surface area contributed by atoms with Crippen molar-refractivity contribution in [3.05, 3.63) is 72.1 Å². The second-order valence-electron chi connectivity index (χ2n) is 8.16. The minimum absolute atomic E-state index is 0.199. The molecule has 3 aromatic rings. The molecule has 0 spiro atoms. The van der Waals surface area contributed by atoms with Crippen molar-refractivity contribution in [3.8, 4) is 11.1 Å². The summed E-state index contributed by atoms with van der Waals surface area (Å²) in [5.41, 5.74) is 3.79. The summed E-state index contributed by atoms with van der Waals surface area (Å²) in [6.07, 6.45) is 2.44. The third kappa shape index (κ3) is 5.56. The number of nitrogens with one attached hydrogen (secondary N) is 2. The number of carbonyl (C=O) groups is 2. The number of aromatic nitrogens is 2. The Balaban J connectivity index is 1.40. The Kier molecular flexibility index (Phi) is 6.69. The Hall–Kier alpha value is -3.72. The summed E-state index contributed by atoms with van der Waals surface area (Å²) in [5, 5.41) is 2.62. The van der Waals surface area contributed by atoms with Crippen LogP contribution in [0, 0.1) is 5.82 Å². The molecule has 1 atom stereocenters. The van der Waals surface area contributed by atoms with Crippen LogP contribution in [0.1, 0.15) is 18.2 Å². The number of hydrogen-bond donors (Lipinski definition) is 2. The van der Waals surface area contributed by atoms with Gasteiger partial charge in [-0.3, -0.25) is 14.6 Å². The number of ether oxygens (including phenoxy) is 1. The molecule has 0 bridgehead atoms. The maximum atomic E-state index is 14.9. The molecular weight excluding hydrogens is 425 g/mol. The highest BCUT2D eigenvalue weighted by molar-refractivity contribution is 5.90. The summed E-state index contributed by atoms with van der Waals surface area (Å²) in [7, 11) is 2.03. The smallest absolute Gasteiger partial charge is 0.414 e. The normalized spacial score (nSPS) is 15.7. The first kappa shape index (κ1) is 22.5. The molecule has 9 heteroatoms. The summed E-state index contributed by atoms with van der Waals surface area (Å²) in [6, 6.07) is 12.5. The molecule has 1 fully saturated rings. The number of nitrogens with zero attached hydrogens (tertiary/aromatic N) is 3. The number of aromatic amines is 1. The molecule has 1 aliphatic heterocycles.